The number of rotatable bonds is 5. The third-order valence-corrected chi connectivity index (χ3v) is 5.15. The van der Waals surface area contributed by atoms with Crippen molar-refractivity contribution in [2.75, 3.05) is 13.7 Å². The molecule has 0 fully saturated rings. The molecule has 3 heterocycles. The van der Waals surface area contributed by atoms with Crippen LogP contribution in [0, 0.1) is 0 Å². The second-order valence-electron chi connectivity index (χ2n) is 7.03. The van der Waals surface area contributed by atoms with Gasteiger partial charge in [0.25, 0.3) is 11.5 Å². The predicted molar refractivity (Wildman–Crippen MR) is 108 cm³/mol. The molecule has 1 aromatic carbocycles. The zero-order valence-corrected chi connectivity index (χ0v) is 16.2. The van der Waals surface area contributed by atoms with Crippen LogP contribution in [0.25, 0.3) is 0 Å². The number of aromatic nitrogens is 3. The molecule has 0 aliphatic carbocycles. The molecule has 1 aliphatic rings. The van der Waals surface area contributed by atoms with E-state index in [2.05, 4.69) is 22.1 Å². The van der Waals surface area contributed by atoms with Gasteiger partial charge in [0.2, 0.25) is 0 Å². The Bertz CT molecular complexity index is 1060. The van der Waals surface area contributed by atoms with E-state index >= 15 is 0 Å². The molecular formula is C22H22N4O3. The summed E-state index contributed by atoms with van der Waals surface area (Å²) >= 11 is 0. The number of carbonyl (C=O) groups is 1. The summed E-state index contributed by atoms with van der Waals surface area (Å²) in [5, 5.41) is 0. The maximum absolute atomic E-state index is 12.8. The summed E-state index contributed by atoms with van der Waals surface area (Å²) in [7, 11) is 1.48. The van der Waals surface area contributed by atoms with Gasteiger partial charge in [-0.25, -0.2) is 9.97 Å². The van der Waals surface area contributed by atoms with E-state index in [0.29, 0.717) is 31.6 Å². The van der Waals surface area contributed by atoms with E-state index in [1.54, 1.807) is 15.5 Å². The minimum atomic E-state index is -0.125. The zero-order chi connectivity index (χ0) is 20.2. The van der Waals surface area contributed by atoms with Gasteiger partial charge in [0.15, 0.2) is 0 Å². The van der Waals surface area contributed by atoms with Gasteiger partial charge in [-0.3, -0.25) is 9.59 Å². The Balaban J connectivity index is 1.50. The highest BCUT2D eigenvalue weighted by Gasteiger charge is 2.23. The van der Waals surface area contributed by atoms with Crippen molar-refractivity contribution in [2.24, 2.45) is 0 Å². The Morgan fingerprint density at radius 1 is 1.14 bits per heavy atom. The summed E-state index contributed by atoms with van der Waals surface area (Å²) in [6, 6.07) is 12.0. The highest BCUT2D eigenvalue weighted by atomic mass is 16.5. The van der Waals surface area contributed by atoms with Crippen LogP contribution in [0.15, 0.2) is 59.8 Å². The fourth-order valence-electron chi connectivity index (χ4n) is 3.53. The SMILES string of the molecule is COc1ncc(C(=O)N2CCc3cc(=O)n(CCc4ccccc4)cc3C2)cn1. The van der Waals surface area contributed by atoms with Crippen molar-refractivity contribution >= 4 is 5.91 Å². The number of amides is 1. The monoisotopic (exact) mass is 390 g/mol. The van der Waals surface area contributed by atoms with Crippen LogP contribution in [-0.4, -0.2) is 39.0 Å². The molecule has 7 heteroatoms. The Hall–Kier alpha value is -3.48. The van der Waals surface area contributed by atoms with Crippen LogP contribution < -0.4 is 10.3 Å². The lowest BCUT2D eigenvalue weighted by Gasteiger charge is -2.29. The number of pyridine rings is 1. The van der Waals surface area contributed by atoms with Gasteiger partial charge in [0.05, 0.1) is 12.7 Å². The van der Waals surface area contributed by atoms with Crippen molar-refractivity contribution in [3.63, 3.8) is 0 Å². The van der Waals surface area contributed by atoms with E-state index < -0.39 is 0 Å². The minimum absolute atomic E-state index is 0.00279. The van der Waals surface area contributed by atoms with Gasteiger partial charge < -0.3 is 14.2 Å². The van der Waals surface area contributed by atoms with E-state index in [1.165, 1.54) is 25.1 Å². The highest BCUT2D eigenvalue weighted by molar-refractivity contribution is 5.93. The fraction of sp³-hybridized carbons (Fsp3) is 0.273. The Labute approximate surface area is 168 Å². The molecule has 0 saturated carbocycles. The van der Waals surface area contributed by atoms with Gasteiger partial charge >= 0.3 is 6.01 Å². The number of ether oxygens (including phenoxy) is 1. The molecule has 0 unspecified atom stereocenters. The van der Waals surface area contributed by atoms with Crippen LogP contribution in [0.1, 0.15) is 27.0 Å². The number of carbonyl (C=O) groups excluding carboxylic acids is 1. The number of aryl methyl sites for hydroxylation is 2. The first-order chi connectivity index (χ1) is 14.1. The highest BCUT2D eigenvalue weighted by Crippen LogP contribution is 2.19. The molecule has 0 N–H and O–H groups in total. The summed E-state index contributed by atoms with van der Waals surface area (Å²) in [5.41, 5.74) is 3.63. The van der Waals surface area contributed by atoms with Crippen LogP contribution in [0.3, 0.4) is 0 Å². The molecule has 1 aliphatic heterocycles. The lowest BCUT2D eigenvalue weighted by Crippen LogP contribution is -2.37. The molecule has 148 valence electrons. The second kappa shape index (κ2) is 8.26. The van der Waals surface area contributed by atoms with Crippen molar-refractivity contribution in [1.29, 1.82) is 0 Å². The van der Waals surface area contributed by atoms with Gasteiger partial charge in [-0.2, -0.15) is 0 Å². The number of hydrogen-bond donors (Lipinski definition) is 0. The zero-order valence-electron chi connectivity index (χ0n) is 16.2. The van der Waals surface area contributed by atoms with E-state index in [1.807, 2.05) is 24.4 Å². The summed E-state index contributed by atoms with van der Waals surface area (Å²) < 4.78 is 6.67. The van der Waals surface area contributed by atoms with Crippen LogP contribution in [-0.2, 0) is 25.9 Å². The molecule has 0 atom stereocenters. The molecule has 0 radical (unpaired) electrons. The molecule has 0 bridgehead atoms. The van der Waals surface area contributed by atoms with Crippen LogP contribution in [0.4, 0.5) is 0 Å². The van der Waals surface area contributed by atoms with Crippen LogP contribution in [0.5, 0.6) is 6.01 Å². The molecule has 0 saturated heterocycles. The molecule has 2 aromatic heterocycles. The number of hydrogen-bond acceptors (Lipinski definition) is 5. The molecule has 29 heavy (non-hydrogen) atoms. The van der Waals surface area contributed by atoms with Crippen LogP contribution in [0.2, 0.25) is 0 Å². The number of nitrogens with zero attached hydrogens (tertiary/aromatic N) is 4. The average molecular weight is 390 g/mol. The summed E-state index contributed by atoms with van der Waals surface area (Å²) in [4.78, 5) is 35.1. The van der Waals surface area contributed by atoms with E-state index in [0.717, 1.165) is 17.5 Å². The average Bonchev–Trinajstić information content (AvgIpc) is 2.77. The summed E-state index contributed by atoms with van der Waals surface area (Å²) in [6.45, 7) is 1.63. The standard InChI is InChI=1S/C22H22N4O3/c1-29-22-23-12-18(13-24-22)21(28)26-10-8-17-11-20(27)25(14-19(17)15-26)9-7-16-5-3-2-4-6-16/h2-6,11-14H,7-10,15H2,1H3. The molecule has 4 rings (SSSR count). The van der Waals surface area contributed by atoms with Crippen molar-refractivity contribution in [3.05, 3.63) is 87.6 Å². The predicted octanol–water partition coefficient (Wildman–Crippen LogP) is 2.09. The third kappa shape index (κ3) is 4.18. The molecular weight excluding hydrogens is 368 g/mol. The second-order valence-corrected chi connectivity index (χ2v) is 7.03. The first-order valence-corrected chi connectivity index (χ1v) is 9.55. The Morgan fingerprint density at radius 2 is 1.90 bits per heavy atom. The molecule has 1 amide bonds. The fourth-order valence-corrected chi connectivity index (χ4v) is 3.53. The largest absolute Gasteiger partial charge is 0.467 e. The molecule has 7 nitrogen and oxygen atoms in total. The van der Waals surface area contributed by atoms with Gasteiger partial charge in [-0.15, -0.1) is 0 Å². The topological polar surface area (TPSA) is 77.3 Å². The Kier molecular flexibility index (Phi) is 5.37. The number of methoxy groups -OCH3 is 1. The van der Waals surface area contributed by atoms with Crippen molar-refractivity contribution in [1.82, 2.24) is 19.4 Å². The first kappa shape index (κ1) is 18.9. The van der Waals surface area contributed by atoms with Crippen molar-refractivity contribution in [3.8, 4) is 6.01 Å². The summed E-state index contributed by atoms with van der Waals surface area (Å²) in [6.07, 6.45) is 6.29. The lowest BCUT2D eigenvalue weighted by molar-refractivity contribution is 0.0733. The van der Waals surface area contributed by atoms with E-state index in [-0.39, 0.29) is 17.5 Å². The smallest absolute Gasteiger partial charge is 0.316 e. The summed E-state index contributed by atoms with van der Waals surface area (Å²) in [5.74, 6) is -0.125. The van der Waals surface area contributed by atoms with Crippen molar-refractivity contribution in [2.45, 2.75) is 25.9 Å². The normalized spacial score (nSPS) is 13.1. The van der Waals surface area contributed by atoms with E-state index in [9.17, 15) is 9.59 Å². The van der Waals surface area contributed by atoms with E-state index in [4.69, 9.17) is 4.74 Å². The molecule has 3 aromatic rings. The maximum Gasteiger partial charge on any atom is 0.316 e. The minimum Gasteiger partial charge on any atom is -0.467 e. The maximum atomic E-state index is 12.8. The third-order valence-electron chi connectivity index (χ3n) is 5.15. The Morgan fingerprint density at radius 3 is 2.62 bits per heavy atom. The van der Waals surface area contributed by atoms with Crippen molar-refractivity contribution < 1.29 is 9.53 Å². The van der Waals surface area contributed by atoms with Gasteiger partial charge in [-0.05, 0) is 29.5 Å². The van der Waals surface area contributed by atoms with Gasteiger partial charge in [-0.1, -0.05) is 30.3 Å². The van der Waals surface area contributed by atoms with Crippen LogP contribution >= 0.6 is 0 Å². The van der Waals surface area contributed by atoms with Gasteiger partial charge in [0.1, 0.15) is 0 Å². The molecule has 0 spiro atoms. The lowest BCUT2D eigenvalue weighted by atomic mass is 10.0. The first-order valence-electron chi connectivity index (χ1n) is 9.55. The quantitative estimate of drug-likeness (QED) is 0.667. The van der Waals surface area contributed by atoms with Gasteiger partial charge in [0, 0.05) is 44.3 Å². The number of benzene rings is 1. The number of fused-ring (bicyclic) bond motifs is 1.